The lowest BCUT2D eigenvalue weighted by Gasteiger charge is -2.05. The van der Waals surface area contributed by atoms with E-state index in [2.05, 4.69) is 0 Å². The number of ether oxygens (including phenoxy) is 2. The van der Waals surface area contributed by atoms with Crippen molar-refractivity contribution in [2.24, 2.45) is 0 Å². The third-order valence-electron chi connectivity index (χ3n) is 3.23. The standard InChI is InChI=1S/C18H15NO4/c1-22-15-6-4-13(5-7-15)18(21)14(11-19)9-12-3-8-16(20)17(10-12)23-2/h3-10,20H,1-2H3/b14-9+. The SMILES string of the molecule is COc1ccc(C(=O)/C(C#N)=C/c2ccc(O)c(OC)c2)cc1. The number of carbonyl (C=O) groups excluding carboxylic acids is 1. The molecule has 2 rings (SSSR count). The molecule has 23 heavy (non-hydrogen) atoms. The molecule has 2 aromatic carbocycles. The van der Waals surface area contributed by atoms with Crippen LogP contribution in [0.25, 0.3) is 6.08 Å². The summed E-state index contributed by atoms with van der Waals surface area (Å²) in [5.41, 5.74) is 0.963. The Morgan fingerprint density at radius 2 is 1.83 bits per heavy atom. The van der Waals surface area contributed by atoms with Gasteiger partial charge in [-0.2, -0.15) is 5.26 Å². The number of benzene rings is 2. The Kier molecular flexibility index (Phi) is 5.00. The molecule has 0 bridgehead atoms. The van der Waals surface area contributed by atoms with Crippen LogP contribution in [-0.4, -0.2) is 25.1 Å². The van der Waals surface area contributed by atoms with Gasteiger partial charge < -0.3 is 14.6 Å². The summed E-state index contributed by atoms with van der Waals surface area (Å²) >= 11 is 0. The molecule has 0 unspecified atom stereocenters. The largest absolute Gasteiger partial charge is 0.504 e. The quantitative estimate of drug-likeness (QED) is 0.521. The zero-order valence-electron chi connectivity index (χ0n) is 12.7. The van der Waals surface area contributed by atoms with Gasteiger partial charge >= 0.3 is 0 Å². The van der Waals surface area contributed by atoms with E-state index in [0.717, 1.165) is 0 Å². The van der Waals surface area contributed by atoms with Gasteiger partial charge in [-0.3, -0.25) is 4.79 Å². The molecule has 0 aliphatic heterocycles. The van der Waals surface area contributed by atoms with Crippen LogP contribution in [0.2, 0.25) is 0 Å². The average Bonchev–Trinajstić information content (AvgIpc) is 2.60. The first-order chi connectivity index (χ1) is 11.1. The van der Waals surface area contributed by atoms with Crippen molar-refractivity contribution in [2.75, 3.05) is 14.2 Å². The van der Waals surface area contributed by atoms with Crippen molar-refractivity contribution in [1.82, 2.24) is 0 Å². The summed E-state index contributed by atoms with van der Waals surface area (Å²) in [5.74, 6) is 0.507. The van der Waals surface area contributed by atoms with Crippen LogP contribution in [-0.2, 0) is 0 Å². The Labute approximate surface area is 134 Å². The lowest BCUT2D eigenvalue weighted by Crippen LogP contribution is -2.02. The zero-order valence-corrected chi connectivity index (χ0v) is 12.7. The van der Waals surface area contributed by atoms with Crippen molar-refractivity contribution < 1.29 is 19.4 Å². The monoisotopic (exact) mass is 309 g/mol. The molecule has 116 valence electrons. The van der Waals surface area contributed by atoms with Gasteiger partial charge in [-0.15, -0.1) is 0 Å². The molecule has 0 aliphatic rings. The van der Waals surface area contributed by atoms with Gasteiger partial charge in [0.15, 0.2) is 11.5 Å². The molecule has 0 amide bonds. The van der Waals surface area contributed by atoms with E-state index in [1.165, 1.54) is 26.4 Å². The summed E-state index contributed by atoms with van der Waals surface area (Å²) in [7, 11) is 2.96. The number of hydrogen-bond donors (Lipinski definition) is 1. The fourth-order valence-corrected chi connectivity index (χ4v) is 2.00. The average molecular weight is 309 g/mol. The second kappa shape index (κ2) is 7.14. The van der Waals surface area contributed by atoms with Crippen molar-refractivity contribution in [3.63, 3.8) is 0 Å². The van der Waals surface area contributed by atoms with Gasteiger partial charge in [0.1, 0.15) is 17.4 Å². The van der Waals surface area contributed by atoms with Crippen molar-refractivity contribution in [3.8, 4) is 23.3 Å². The van der Waals surface area contributed by atoms with Crippen LogP contribution in [0.1, 0.15) is 15.9 Å². The highest BCUT2D eigenvalue weighted by atomic mass is 16.5. The second-order valence-electron chi connectivity index (χ2n) is 4.66. The fourth-order valence-electron chi connectivity index (χ4n) is 2.00. The summed E-state index contributed by atoms with van der Waals surface area (Å²) in [6.45, 7) is 0. The number of phenolic OH excluding ortho intramolecular Hbond substituents is 1. The van der Waals surface area contributed by atoms with E-state index in [1.807, 2.05) is 6.07 Å². The number of carbonyl (C=O) groups is 1. The Balaban J connectivity index is 2.34. The first-order valence-electron chi connectivity index (χ1n) is 6.76. The molecule has 0 heterocycles. The van der Waals surface area contributed by atoms with Crippen molar-refractivity contribution in [2.45, 2.75) is 0 Å². The van der Waals surface area contributed by atoms with Crippen LogP contribution >= 0.6 is 0 Å². The number of ketones is 1. The minimum atomic E-state index is -0.387. The molecule has 0 saturated heterocycles. The van der Waals surface area contributed by atoms with E-state index in [0.29, 0.717) is 16.9 Å². The van der Waals surface area contributed by atoms with E-state index < -0.39 is 0 Å². The van der Waals surface area contributed by atoms with Crippen LogP contribution in [0.4, 0.5) is 0 Å². The predicted octanol–water partition coefficient (Wildman–Crippen LogP) is 3.20. The van der Waals surface area contributed by atoms with Crippen LogP contribution < -0.4 is 9.47 Å². The van der Waals surface area contributed by atoms with Crippen molar-refractivity contribution in [1.29, 1.82) is 5.26 Å². The molecule has 5 nitrogen and oxygen atoms in total. The number of nitrogens with zero attached hydrogens (tertiary/aromatic N) is 1. The third-order valence-corrected chi connectivity index (χ3v) is 3.23. The van der Waals surface area contributed by atoms with E-state index in [9.17, 15) is 15.2 Å². The first-order valence-corrected chi connectivity index (χ1v) is 6.76. The van der Waals surface area contributed by atoms with Gasteiger partial charge in [0.25, 0.3) is 0 Å². The zero-order chi connectivity index (χ0) is 16.8. The molecule has 5 heteroatoms. The number of phenols is 1. The van der Waals surface area contributed by atoms with Crippen molar-refractivity contribution >= 4 is 11.9 Å². The lowest BCUT2D eigenvalue weighted by atomic mass is 10.0. The summed E-state index contributed by atoms with van der Waals surface area (Å²) in [5, 5.41) is 18.8. The van der Waals surface area contributed by atoms with Crippen molar-refractivity contribution in [3.05, 3.63) is 59.2 Å². The van der Waals surface area contributed by atoms with Crippen LogP contribution in [0.15, 0.2) is 48.0 Å². The number of aromatic hydroxyl groups is 1. The molecule has 0 aromatic heterocycles. The molecule has 1 N–H and O–H groups in total. The molecular formula is C18H15NO4. The van der Waals surface area contributed by atoms with E-state index in [4.69, 9.17) is 9.47 Å². The lowest BCUT2D eigenvalue weighted by molar-refractivity contribution is 0.104. The van der Waals surface area contributed by atoms with Gasteiger partial charge in [-0.1, -0.05) is 6.07 Å². The van der Waals surface area contributed by atoms with Crippen LogP contribution in [0.5, 0.6) is 17.2 Å². The molecule has 0 radical (unpaired) electrons. The maximum absolute atomic E-state index is 12.4. The van der Waals surface area contributed by atoms with E-state index >= 15 is 0 Å². The van der Waals surface area contributed by atoms with Gasteiger partial charge in [-0.05, 0) is 48.0 Å². The molecule has 0 fully saturated rings. The maximum atomic E-state index is 12.4. The smallest absolute Gasteiger partial charge is 0.203 e. The summed E-state index contributed by atoms with van der Waals surface area (Å²) < 4.78 is 10.1. The minimum absolute atomic E-state index is 0.00959. The normalized spacial score (nSPS) is 10.7. The van der Waals surface area contributed by atoms with Gasteiger partial charge in [0, 0.05) is 5.56 Å². The Hall–Kier alpha value is -3.26. The highest BCUT2D eigenvalue weighted by molar-refractivity contribution is 6.14. The number of nitriles is 1. The highest BCUT2D eigenvalue weighted by Gasteiger charge is 2.13. The molecule has 0 aliphatic carbocycles. The Morgan fingerprint density at radius 1 is 1.13 bits per heavy atom. The number of hydrogen-bond acceptors (Lipinski definition) is 5. The van der Waals surface area contributed by atoms with Gasteiger partial charge in [-0.25, -0.2) is 0 Å². The van der Waals surface area contributed by atoms with Crippen LogP contribution in [0.3, 0.4) is 0 Å². The number of methoxy groups -OCH3 is 2. The Bertz CT molecular complexity index is 786. The molecular weight excluding hydrogens is 294 g/mol. The molecule has 0 atom stereocenters. The maximum Gasteiger partial charge on any atom is 0.203 e. The minimum Gasteiger partial charge on any atom is -0.504 e. The molecule has 0 saturated carbocycles. The summed E-state index contributed by atoms with van der Waals surface area (Å²) in [6.07, 6.45) is 1.45. The third kappa shape index (κ3) is 3.69. The highest BCUT2D eigenvalue weighted by Crippen LogP contribution is 2.27. The second-order valence-corrected chi connectivity index (χ2v) is 4.66. The fraction of sp³-hybridized carbons (Fsp3) is 0.111. The predicted molar refractivity (Wildman–Crippen MR) is 85.6 cm³/mol. The number of rotatable bonds is 5. The van der Waals surface area contributed by atoms with Crippen LogP contribution in [0, 0.1) is 11.3 Å². The summed E-state index contributed by atoms with van der Waals surface area (Å²) in [6, 6.07) is 13.0. The summed E-state index contributed by atoms with van der Waals surface area (Å²) in [4.78, 5) is 12.4. The topological polar surface area (TPSA) is 79.6 Å². The number of allylic oxidation sites excluding steroid dienone is 1. The van der Waals surface area contributed by atoms with Gasteiger partial charge in [0.2, 0.25) is 5.78 Å². The first kappa shape index (κ1) is 16.1. The molecule has 2 aromatic rings. The Morgan fingerprint density at radius 3 is 2.39 bits per heavy atom. The van der Waals surface area contributed by atoms with E-state index in [1.54, 1.807) is 36.4 Å². The number of Topliss-reactive ketones (excluding diaryl/α,β-unsaturated/α-hetero) is 1. The molecule has 0 spiro atoms. The van der Waals surface area contributed by atoms with E-state index in [-0.39, 0.29) is 22.9 Å². The van der Waals surface area contributed by atoms with Gasteiger partial charge in [0.05, 0.1) is 14.2 Å².